The van der Waals surface area contributed by atoms with Gasteiger partial charge >= 0.3 is 5.97 Å². The second-order valence-electron chi connectivity index (χ2n) is 6.63. The molecule has 2 fully saturated rings. The van der Waals surface area contributed by atoms with E-state index in [-0.39, 0.29) is 30.1 Å². The van der Waals surface area contributed by atoms with Crippen LogP contribution in [0.1, 0.15) is 36.0 Å². The zero-order valence-corrected chi connectivity index (χ0v) is 15.1. The minimum atomic E-state index is -3.56. The number of carboxylic acid groups (broad SMARTS) is 1. The van der Waals surface area contributed by atoms with Crippen molar-refractivity contribution in [3.05, 3.63) is 29.8 Å². The zero-order chi connectivity index (χ0) is 18.8. The smallest absolute Gasteiger partial charge is 0.331 e. The SMILES string of the molecule is O=C(NC1(C(=O)O)CCOC1)c1ccc(S(=O)(=O)N2CCCCC2)cc1. The highest BCUT2D eigenvalue weighted by Gasteiger charge is 2.44. The number of carbonyl (C=O) groups excluding carboxylic acids is 1. The quantitative estimate of drug-likeness (QED) is 0.780. The summed E-state index contributed by atoms with van der Waals surface area (Å²) in [6.45, 7) is 1.19. The fourth-order valence-electron chi connectivity index (χ4n) is 3.21. The van der Waals surface area contributed by atoms with Crippen molar-refractivity contribution in [1.29, 1.82) is 0 Å². The minimum Gasteiger partial charge on any atom is -0.479 e. The lowest BCUT2D eigenvalue weighted by atomic mass is 9.98. The van der Waals surface area contributed by atoms with Crippen LogP contribution in [-0.4, -0.2) is 61.5 Å². The number of benzene rings is 1. The fourth-order valence-corrected chi connectivity index (χ4v) is 4.72. The maximum absolute atomic E-state index is 12.6. The van der Waals surface area contributed by atoms with Gasteiger partial charge in [-0.2, -0.15) is 4.31 Å². The van der Waals surface area contributed by atoms with Crippen LogP contribution < -0.4 is 5.32 Å². The van der Waals surface area contributed by atoms with Crippen molar-refractivity contribution in [2.24, 2.45) is 0 Å². The number of carboxylic acids is 1. The first-order valence-corrected chi connectivity index (χ1v) is 10.0. The molecule has 1 amide bonds. The van der Waals surface area contributed by atoms with E-state index in [0.717, 1.165) is 19.3 Å². The Hall–Kier alpha value is -1.97. The van der Waals surface area contributed by atoms with Crippen molar-refractivity contribution in [1.82, 2.24) is 9.62 Å². The van der Waals surface area contributed by atoms with Crippen LogP contribution in [0.25, 0.3) is 0 Å². The predicted molar refractivity (Wildman–Crippen MR) is 92.3 cm³/mol. The molecule has 2 aliphatic rings. The molecule has 1 atom stereocenters. The van der Waals surface area contributed by atoms with E-state index in [4.69, 9.17) is 4.74 Å². The summed E-state index contributed by atoms with van der Waals surface area (Å²) in [6.07, 6.45) is 2.91. The van der Waals surface area contributed by atoms with Crippen LogP contribution in [0.4, 0.5) is 0 Å². The van der Waals surface area contributed by atoms with E-state index in [0.29, 0.717) is 13.1 Å². The topological polar surface area (TPSA) is 113 Å². The Balaban J connectivity index is 1.74. The molecule has 2 saturated heterocycles. The van der Waals surface area contributed by atoms with Crippen LogP contribution in [0.2, 0.25) is 0 Å². The van der Waals surface area contributed by atoms with Crippen LogP contribution in [0.3, 0.4) is 0 Å². The Morgan fingerprint density at radius 2 is 1.77 bits per heavy atom. The third-order valence-electron chi connectivity index (χ3n) is 4.85. The van der Waals surface area contributed by atoms with Crippen molar-refractivity contribution >= 4 is 21.9 Å². The van der Waals surface area contributed by atoms with Gasteiger partial charge in [0.05, 0.1) is 11.5 Å². The van der Waals surface area contributed by atoms with Crippen LogP contribution >= 0.6 is 0 Å². The molecule has 3 rings (SSSR count). The number of aliphatic carboxylic acids is 1. The van der Waals surface area contributed by atoms with Crippen molar-refractivity contribution in [3.63, 3.8) is 0 Å². The van der Waals surface area contributed by atoms with Crippen molar-refractivity contribution in [3.8, 4) is 0 Å². The molecule has 9 heteroatoms. The van der Waals surface area contributed by atoms with E-state index in [1.165, 1.54) is 28.6 Å². The molecule has 8 nitrogen and oxygen atoms in total. The Morgan fingerprint density at radius 3 is 2.31 bits per heavy atom. The molecule has 142 valence electrons. The van der Waals surface area contributed by atoms with Gasteiger partial charge in [-0.3, -0.25) is 4.79 Å². The van der Waals surface area contributed by atoms with E-state index in [9.17, 15) is 23.1 Å². The van der Waals surface area contributed by atoms with E-state index < -0.39 is 27.4 Å². The molecule has 2 N–H and O–H groups in total. The number of hydrogen-bond donors (Lipinski definition) is 2. The Morgan fingerprint density at radius 1 is 1.12 bits per heavy atom. The molecule has 1 aromatic carbocycles. The van der Waals surface area contributed by atoms with Crippen LogP contribution in [-0.2, 0) is 19.6 Å². The monoisotopic (exact) mass is 382 g/mol. The van der Waals surface area contributed by atoms with Gasteiger partial charge in [0.15, 0.2) is 5.54 Å². The van der Waals surface area contributed by atoms with Gasteiger partial charge in [0, 0.05) is 31.7 Å². The predicted octanol–water partition coefficient (Wildman–Crippen LogP) is 0.835. The molecule has 0 aromatic heterocycles. The summed E-state index contributed by atoms with van der Waals surface area (Å²) in [5.74, 6) is -1.72. The first-order valence-electron chi connectivity index (χ1n) is 8.59. The lowest BCUT2D eigenvalue weighted by Gasteiger charge is -2.26. The van der Waals surface area contributed by atoms with Crippen molar-refractivity contribution in [2.75, 3.05) is 26.3 Å². The summed E-state index contributed by atoms with van der Waals surface area (Å²) >= 11 is 0. The van der Waals surface area contributed by atoms with Crippen molar-refractivity contribution in [2.45, 2.75) is 36.1 Å². The molecule has 0 saturated carbocycles. The Kier molecular flexibility index (Phi) is 5.31. The minimum absolute atomic E-state index is 0.0878. The van der Waals surface area contributed by atoms with Crippen LogP contribution in [0, 0.1) is 0 Å². The van der Waals surface area contributed by atoms with E-state index >= 15 is 0 Å². The molecule has 0 aliphatic carbocycles. The molecule has 0 radical (unpaired) electrons. The number of piperidine rings is 1. The lowest BCUT2D eigenvalue weighted by Crippen LogP contribution is -2.55. The summed E-state index contributed by atoms with van der Waals surface area (Å²) in [7, 11) is -3.56. The fraction of sp³-hybridized carbons (Fsp3) is 0.529. The summed E-state index contributed by atoms with van der Waals surface area (Å²) < 4.78 is 31.8. The van der Waals surface area contributed by atoms with Gasteiger partial charge < -0.3 is 15.2 Å². The van der Waals surface area contributed by atoms with Gasteiger partial charge in [-0.1, -0.05) is 6.42 Å². The molecule has 1 aromatic rings. The molecular formula is C17H22N2O6S. The van der Waals surface area contributed by atoms with Gasteiger partial charge in [-0.05, 0) is 37.1 Å². The van der Waals surface area contributed by atoms with E-state index in [2.05, 4.69) is 5.32 Å². The third kappa shape index (κ3) is 3.60. The Bertz CT molecular complexity index is 778. The molecule has 2 heterocycles. The standard InChI is InChI=1S/C17H22N2O6S/c20-15(18-17(16(21)22)8-11-25-12-17)13-4-6-14(7-5-13)26(23,24)19-9-2-1-3-10-19/h4-7H,1-3,8-12H2,(H,18,20)(H,21,22). The highest BCUT2D eigenvalue weighted by Crippen LogP contribution is 2.22. The second kappa shape index (κ2) is 7.34. The molecular weight excluding hydrogens is 360 g/mol. The number of rotatable bonds is 5. The maximum Gasteiger partial charge on any atom is 0.331 e. The second-order valence-corrected chi connectivity index (χ2v) is 8.57. The average Bonchev–Trinajstić information content (AvgIpc) is 3.12. The van der Waals surface area contributed by atoms with Gasteiger partial charge in [0.25, 0.3) is 5.91 Å². The average molecular weight is 382 g/mol. The number of sulfonamides is 1. The molecule has 0 bridgehead atoms. The Labute approximate surface area is 152 Å². The number of ether oxygens (including phenoxy) is 1. The third-order valence-corrected chi connectivity index (χ3v) is 6.77. The van der Waals surface area contributed by atoms with Crippen LogP contribution in [0.15, 0.2) is 29.2 Å². The zero-order valence-electron chi connectivity index (χ0n) is 14.3. The number of hydrogen-bond acceptors (Lipinski definition) is 5. The van der Waals surface area contributed by atoms with Gasteiger partial charge in [-0.25, -0.2) is 13.2 Å². The van der Waals surface area contributed by atoms with E-state index in [1.807, 2.05) is 0 Å². The highest BCUT2D eigenvalue weighted by molar-refractivity contribution is 7.89. The number of nitrogens with one attached hydrogen (secondary N) is 1. The van der Waals surface area contributed by atoms with Gasteiger partial charge in [-0.15, -0.1) is 0 Å². The number of nitrogens with zero attached hydrogens (tertiary/aromatic N) is 1. The molecule has 2 aliphatic heterocycles. The lowest BCUT2D eigenvalue weighted by molar-refractivity contribution is -0.144. The number of carbonyl (C=O) groups is 2. The molecule has 26 heavy (non-hydrogen) atoms. The first kappa shape index (κ1) is 18.8. The summed E-state index contributed by atoms with van der Waals surface area (Å²) in [6, 6.07) is 5.57. The summed E-state index contributed by atoms with van der Waals surface area (Å²) in [5.41, 5.74) is -1.23. The van der Waals surface area contributed by atoms with Crippen LogP contribution in [0.5, 0.6) is 0 Å². The van der Waals surface area contributed by atoms with E-state index in [1.54, 1.807) is 0 Å². The van der Waals surface area contributed by atoms with Gasteiger partial charge in [0.2, 0.25) is 10.0 Å². The first-order chi connectivity index (χ1) is 12.3. The normalized spacial score (nSPS) is 24.3. The van der Waals surface area contributed by atoms with Crippen molar-refractivity contribution < 1.29 is 27.9 Å². The summed E-state index contributed by atoms with van der Waals surface area (Å²) in [5, 5.41) is 11.9. The molecule has 0 spiro atoms. The molecule has 1 unspecified atom stereocenters. The highest BCUT2D eigenvalue weighted by atomic mass is 32.2. The maximum atomic E-state index is 12.6. The summed E-state index contributed by atoms with van der Waals surface area (Å²) in [4.78, 5) is 24.0. The largest absolute Gasteiger partial charge is 0.479 e. The van der Waals surface area contributed by atoms with Gasteiger partial charge in [0.1, 0.15) is 0 Å². The number of amides is 1.